The summed E-state index contributed by atoms with van der Waals surface area (Å²) >= 11 is 0. The van der Waals surface area contributed by atoms with Gasteiger partial charge in [-0.25, -0.2) is 4.98 Å². The molecular formula is C25H28F6N6O3. The van der Waals surface area contributed by atoms with E-state index in [1.807, 2.05) is 4.90 Å². The fraction of sp³-hybridized carbons (Fsp3) is 0.520. The molecule has 2 saturated heterocycles. The van der Waals surface area contributed by atoms with E-state index in [1.54, 1.807) is 4.90 Å². The number of alkyl halides is 6. The van der Waals surface area contributed by atoms with E-state index >= 15 is 0 Å². The number of nitrogens with zero attached hydrogens (tertiary/aromatic N) is 5. The predicted molar refractivity (Wildman–Crippen MR) is 134 cm³/mol. The standard InChI is InChI=1S/C25H28F6N6O3/c26-24(27,28)20-14-17(3-5-21(20)37(39)40)33-18-7-9-36(16-18)23(38)2-1-8-34-10-12-35(13-11-34)19-4-6-22(32-15-19)25(29,30)31/h3-6,14-15,18,33H,1-2,7-13,16H2/t18-/m0/s1. The minimum absolute atomic E-state index is 0.0570. The van der Waals surface area contributed by atoms with Crippen LogP contribution in [0.2, 0.25) is 0 Å². The van der Waals surface area contributed by atoms with Gasteiger partial charge in [-0.1, -0.05) is 0 Å². The topological polar surface area (TPSA) is 94.9 Å². The predicted octanol–water partition coefficient (Wildman–Crippen LogP) is 4.64. The van der Waals surface area contributed by atoms with Crippen molar-refractivity contribution < 1.29 is 36.1 Å². The van der Waals surface area contributed by atoms with Crippen LogP contribution in [0, 0.1) is 10.1 Å². The number of carbonyl (C=O) groups excluding carboxylic acids is 1. The monoisotopic (exact) mass is 574 g/mol. The summed E-state index contributed by atoms with van der Waals surface area (Å²) in [5.74, 6) is -0.0570. The number of pyridine rings is 1. The molecule has 0 spiro atoms. The van der Waals surface area contributed by atoms with Crippen LogP contribution in [0.3, 0.4) is 0 Å². The Morgan fingerprint density at radius 3 is 2.35 bits per heavy atom. The van der Waals surface area contributed by atoms with E-state index in [1.165, 1.54) is 18.3 Å². The Bertz CT molecular complexity index is 1200. The lowest BCUT2D eigenvalue weighted by Gasteiger charge is -2.36. The Morgan fingerprint density at radius 1 is 1.02 bits per heavy atom. The molecule has 4 rings (SSSR count). The Kier molecular flexibility index (Phi) is 8.71. The number of hydrogen-bond donors (Lipinski definition) is 1. The zero-order valence-electron chi connectivity index (χ0n) is 21.3. The maximum atomic E-state index is 13.2. The van der Waals surface area contributed by atoms with Crippen LogP contribution in [-0.4, -0.2) is 77.5 Å². The van der Waals surface area contributed by atoms with Gasteiger partial charge in [-0.05, 0) is 43.7 Å². The highest BCUT2D eigenvalue weighted by Crippen LogP contribution is 2.38. The molecule has 1 N–H and O–H groups in total. The van der Waals surface area contributed by atoms with E-state index in [9.17, 15) is 41.3 Å². The van der Waals surface area contributed by atoms with Crippen LogP contribution in [0.1, 0.15) is 30.5 Å². The first-order valence-corrected chi connectivity index (χ1v) is 12.7. The molecule has 218 valence electrons. The summed E-state index contributed by atoms with van der Waals surface area (Å²) in [5, 5.41) is 13.9. The summed E-state index contributed by atoms with van der Waals surface area (Å²) in [6.45, 7) is 4.09. The smallest absolute Gasteiger partial charge is 0.380 e. The fourth-order valence-electron chi connectivity index (χ4n) is 4.93. The van der Waals surface area contributed by atoms with Gasteiger partial charge in [0.2, 0.25) is 5.91 Å². The Balaban J connectivity index is 1.19. The molecule has 40 heavy (non-hydrogen) atoms. The lowest BCUT2D eigenvalue weighted by atomic mass is 10.1. The highest BCUT2D eigenvalue weighted by molar-refractivity contribution is 5.76. The second-order valence-corrected chi connectivity index (χ2v) is 9.79. The number of anilines is 2. The third-order valence-electron chi connectivity index (χ3n) is 7.05. The second kappa shape index (κ2) is 11.9. The fourth-order valence-corrected chi connectivity index (χ4v) is 4.93. The summed E-state index contributed by atoms with van der Waals surface area (Å²) < 4.78 is 77.9. The Morgan fingerprint density at radius 2 is 1.75 bits per heavy atom. The lowest BCUT2D eigenvalue weighted by molar-refractivity contribution is -0.388. The van der Waals surface area contributed by atoms with Crippen molar-refractivity contribution in [1.29, 1.82) is 0 Å². The molecule has 0 radical (unpaired) electrons. The molecule has 1 aromatic carbocycles. The van der Waals surface area contributed by atoms with Crippen LogP contribution in [0.15, 0.2) is 36.5 Å². The number of carbonyl (C=O) groups is 1. The molecular weight excluding hydrogens is 546 g/mol. The average molecular weight is 575 g/mol. The molecule has 15 heteroatoms. The van der Waals surface area contributed by atoms with Gasteiger partial charge in [0.15, 0.2) is 0 Å². The number of benzene rings is 1. The molecule has 9 nitrogen and oxygen atoms in total. The van der Waals surface area contributed by atoms with Gasteiger partial charge < -0.3 is 15.1 Å². The molecule has 1 amide bonds. The molecule has 0 unspecified atom stereocenters. The van der Waals surface area contributed by atoms with Crippen LogP contribution in [-0.2, 0) is 17.1 Å². The Labute approximate surface area is 225 Å². The molecule has 2 aliphatic rings. The minimum Gasteiger partial charge on any atom is -0.380 e. The molecule has 0 aliphatic carbocycles. The van der Waals surface area contributed by atoms with E-state index in [-0.39, 0.29) is 17.6 Å². The Hall–Kier alpha value is -3.62. The normalized spacial score (nSPS) is 18.7. The molecule has 1 aromatic heterocycles. The minimum atomic E-state index is -4.87. The molecule has 2 fully saturated rings. The SMILES string of the molecule is O=C(CCCN1CCN(c2ccc(C(F)(F)F)nc2)CC1)N1CC[C@H](Nc2ccc([N+](=O)[O-])c(C(F)(F)F)c2)C1. The van der Waals surface area contributed by atoms with Crippen molar-refractivity contribution in [2.45, 2.75) is 37.7 Å². The second-order valence-electron chi connectivity index (χ2n) is 9.79. The highest BCUT2D eigenvalue weighted by atomic mass is 19.4. The van der Waals surface area contributed by atoms with Crippen LogP contribution < -0.4 is 10.2 Å². The van der Waals surface area contributed by atoms with Gasteiger partial charge in [-0.15, -0.1) is 0 Å². The number of amides is 1. The average Bonchev–Trinajstić information content (AvgIpc) is 3.36. The van der Waals surface area contributed by atoms with Crippen molar-refractivity contribution in [3.63, 3.8) is 0 Å². The molecule has 1 atom stereocenters. The number of aromatic nitrogens is 1. The first-order chi connectivity index (χ1) is 18.8. The lowest BCUT2D eigenvalue weighted by Crippen LogP contribution is -2.46. The van der Waals surface area contributed by atoms with Gasteiger partial charge in [-0.3, -0.25) is 19.8 Å². The third-order valence-corrected chi connectivity index (χ3v) is 7.05. The van der Waals surface area contributed by atoms with Gasteiger partial charge in [0.1, 0.15) is 11.3 Å². The molecule has 3 heterocycles. The summed E-state index contributed by atoms with van der Waals surface area (Å²) in [5.41, 5.74) is -2.54. The number of nitro groups is 1. The van der Waals surface area contributed by atoms with Crippen molar-refractivity contribution in [3.05, 3.63) is 57.9 Å². The number of rotatable bonds is 8. The van der Waals surface area contributed by atoms with Crippen molar-refractivity contribution in [2.24, 2.45) is 0 Å². The largest absolute Gasteiger partial charge is 0.433 e. The first kappa shape index (κ1) is 29.4. The van der Waals surface area contributed by atoms with E-state index in [0.29, 0.717) is 70.8 Å². The molecule has 0 saturated carbocycles. The summed E-state index contributed by atoms with van der Waals surface area (Å²) in [6, 6.07) is 4.88. The molecule has 2 aromatic rings. The number of likely N-dealkylation sites (tertiary alicyclic amines) is 1. The summed E-state index contributed by atoms with van der Waals surface area (Å²) in [6.07, 6.45) is -6.66. The van der Waals surface area contributed by atoms with Gasteiger partial charge in [-0.2, -0.15) is 26.3 Å². The van der Waals surface area contributed by atoms with Gasteiger partial charge in [0.05, 0.1) is 16.8 Å². The highest BCUT2D eigenvalue weighted by Gasteiger charge is 2.39. The van der Waals surface area contributed by atoms with Crippen molar-refractivity contribution in [3.8, 4) is 0 Å². The van der Waals surface area contributed by atoms with E-state index in [2.05, 4.69) is 15.2 Å². The summed E-state index contributed by atoms with van der Waals surface area (Å²) in [7, 11) is 0. The number of hydrogen-bond acceptors (Lipinski definition) is 7. The van der Waals surface area contributed by atoms with Crippen LogP contribution >= 0.6 is 0 Å². The molecule has 2 aliphatic heterocycles. The van der Waals surface area contributed by atoms with Crippen LogP contribution in [0.5, 0.6) is 0 Å². The third kappa shape index (κ3) is 7.31. The summed E-state index contributed by atoms with van der Waals surface area (Å²) in [4.78, 5) is 31.9. The maximum Gasteiger partial charge on any atom is 0.433 e. The van der Waals surface area contributed by atoms with E-state index in [4.69, 9.17) is 0 Å². The molecule has 0 bridgehead atoms. The van der Waals surface area contributed by atoms with E-state index < -0.39 is 34.2 Å². The van der Waals surface area contributed by atoms with Crippen molar-refractivity contribution >= 4 is 23.0 Å². The van der Waals surface area contributed by atoms with Gasteiger partial charge in [0.25, 0.3) is 5.69 Å². The van der Waals surface area contributed by atoms with Crippen molar-refractivity contribution in [1.82, 2.24) is 14.8 Å². The number of halogens is 6. The number of piperazine rings is 1. The van der Waals surface area contributed by atoms with Crippen molar-refractivity contribution in [2.75, 3.05) is 56.0 Å². The zero-order valence-corrected chi connectivity index (χ0v) is 21.3. The zero-order chi connectivity index (χ0) is 29.1. The quantitative estimate of drug-likeness (QED) is 0.279. The first-order valence-electron chi connectivity index (χ1n) is 12.7. The maximum absolute atomic E-state index is 13.2. The van der Waals surface area contributed by atoms with Crippen LogP contribution in [0.25, 0.3) is 0 Å². The van der Waals surface area contributed by atoms with Gasteiger partial charge in [0, 0.05) is 63.5 Å². The van der Waals surface area contributed by atoms with Crippen LogP contribution in [0.4, 0.5) is 43.4 Å². The number of nitrogens with one attached hydrogen (secondary N) is 1. The van der Waals surface area contributed by atoms with Gasteiger partial charge >= 0.3 is 12.4 Å². The number of nitro benzene ring substituents is 1. The van der Waals surface area contributed by atoms with E-state index in [0.717, 1.165) is 18.2 Å².